The molecule has 5 nitrogen and oxygen atoms in total. The number of carbonyl (C=O) groups is 1. The lowest BCUT2D eigenvalue weighted by atomic mass is 9.97. The van der Waals surface area contributed by atoms with Crippen molar-refractivity contribution in [1.82, 2.24) is 14.5 Å². The molecule has 0 aliphatic carbocycles. The molecule has 0 unspecified atom stereocenters. The molecule has 1 saturated heterocycles. The van der Waals surface area contributed by atoms with Gasteiger partial charge < -0.3 is 4.74 Å². The number of nitrogens with zero attached hydrogens (tertiary/aromatic N) is 3. The Morgan fingerprint density at radius 1 is 1.30 bits per heavy atom. The van der Waals surface area contributed by atoms with Gasteiger partial charge in [0.05, 0.1) is 22.7 Å². The highest BCUT2D eigenvalue weighted by molar-refractivity contribution is 7.20. The fourth-order valence-corrected chi connectivity index (χ4v) is 4.75. The number of ether oxygens (including phenoxy) is 1. The topological polar surface area (TPSA) is 47.4 Å². The molecule has 6 heteroatoms. The second kappa shape index (κ2) is 7.82. The number of aromatic nitrogens is 2. The molecule has 2 aromatic heterocycles. The summed E-state index contributed by atoms with van der Waals surface area (Å²) in [6.45, 7) is 7.16. The van der Waals surface area contributed by atoms with Gasteiger partial charge in [0.25, 0.3) is 0 Å². The lowest BCUT2D eigenvalue weighted by Gasteiger charge is -2.30. The average molecular weight is 384 g/mol. The fraction of sp³-hybridized carbons (Fsp3) is 0.429. The highest BCUT2D eigenvalue weighted by Gasteiger charge is 2.26. The Kier molecular flexibility index (Phi) is 5.27. The minimum absolute atomic E-state index is 0.0368. The van der Waals surface area contributed by atoms with Gasteiger partial charge in [-0.25, -0.2) is 4.98 Å². The van der Waals surface area contributed by atoms with Gasteiger partial charge in [-0.15, -0.1) is 0 Å². The van der Waals surface area contributed by atoms with E-state index in [2.05, 4.69) is 52.9 Å². The number of carbonyl (C=O) groups excluding carboxylic acids is 1. The van der Waals surface area contributed by atoms with Crippen LogP contribution in [0.15, 0.2) is 36.5 Å². The van der Waals surface area contributed by atoms with E-state index in [1.165, 1.54) is 16.0 Å². The molecule has 0 amide bonds. The molecule has 142 valence electrons. The van der Waals surface area contributed by atoms with Crippen LogP contribution >= 0.6 is 11.3 Å². The Morgan fingerprint density at radius 2 is 2.11 bits per heavy atom. The van der Waals surface area contributed by atoms with Crippen LogP contribution in [-0.2, 0) is 16.1 Å². The van der Waals surface area contributed by atoms with Gasteiger partial charge in [-0.3, -0.25) is 14.3 Å². The molecular formula is C21H25N3O2S. The van der Waals surface area contributed by atoms with Gasteiger partial charge in [-0.2, -0.15) is 0 Å². The van der Waals surface area contributed by atoms with Gasteiger partial charge in [0.15, 0.2) is 5.13 Å². The molecule has 1 fully saturated rings. The van der Waals surface area contributed by atoms with Gasteiger partial charge in [-0.05, 0) is 69.6 Å². The first-order valence-corrected chi connectivity index (χ1v) is 10.4. The normalized spacial score (nSPS) is 16.1. The molecule has 0 N–H and O–H groups in total. The van der Waals surface area contributed by atoms with E-state index in [0.29, 0.717) is 6.61 Å². The van der Waals surface area contributed by atoms with Gasteiger partial charge in [0.1, 0.15) is 0 Å². The number of aryl methyl sites for hydroxylation is 1. The second-order valence-electron chi connectivity index (χ2n) is 7.14. The van der Waals surface area contributed by atoms with Crippen molar-refractivity contribution >= 4 is 27.5 Å². The van der Waals surface area contributed by atoms with Crippen LogP contribution in [0.4, 0.5) is 0 Å². The van der Waals surface area contributed by atoms with Crippen molar-refractivity contribution < 1.29 is 9.53 Å². The summed E-state index contributed by atoms with van der Waals surface area (Å²) in [5.41, 5.74) is 3.55. The Morgan fingerprint density at radius 3 is 2.89 bits per heavy atom. The third-order valence-electron chi connectivity index (χ3n) is 5.17. The zero-order valence-electron chi connectivity index (χ0n) is 15.9. The van der Waals surface area contributed by atoms with Crippen molar-refractivity contribution in [2.24, 2.45) is 5.92 Å². The van der Waals surface area contributed by atoms with Gasteiger partial charge >= 0.3 is 5.97 Å². The van der Waals surface area contributed by atoms with E-state index >= 15 is 0 Å². The maximum absolute atomic E-state index is 11.9. The Bertz CT molecular complexity index is 938. The largest absolute Gasteiger partial charge is 0.466 e. The van der Waals surface area contributed by atoms with Crippen LogP contribution in [0.2, 0.25) is 0 Å². The summed E-state index contributed by atoms with van der Waals surface area (Å²) in [4.78, 5) is 19.1. The summed E-state index contributed by atoms with van der Waals surface area (Å²) < 4.78 is 8.58. The van der Waals surface area contributed by atoms with Crippen LogP contribution in [0.25, 0.3) is 15.3 Å². The van der Waals surface area contributed by atoms with Crippen molar-refractivity contribution in [1.29, 1.82) is 0 Å². The summed E-state index contributed by atoms with van der Waals surface area (Å²) >= 11 is 1.73. The summed E-state index contributed by atoms with van der Waals surface area (Å²) in [7, 11) is 0. The predicted molar refractivity (Wildman–Crippen MR) is 108 cm³/mol. The summed E-state index contributed by atoms with van der Waals surface area (Å²) in [6.07, 6.45) is 3.84. The Labute approximate surface area is 163 Å². The third kappa shape index (κ3) is 3.92. The van der Waals surface area contributed by atoms with Gasteiger partial charge in [0, 0.05) is 18.4 Å². The van der Waals surface area contributed by atoms with Crippen LogP contribution in [0.5, 0.6) is 0 Å². The molecule has 27 heavy (non-hydrogen) atoms. The van der Waals surface area contributed by atoms with Gasteiger partial charge in [-0.1, -0.05) is 17.4 Å². The number of fused-ring (bicyclic) bond motifs is 1. The number of thiazole rings is 1. The fourth-order valence-electron chi connectivity index (χ4n) is 3.67. The van der Waals surface area contributed by atoms with Crippen molar-refractivity contribution in [2.45, 2.75) is 33.2 Å². The Balaban J connectivity index is 1.46. The third-order valence-corrected chi connectivity index (χ3v) is 6.18. The number of esters is 1. The predicted octanol–water partition coefficient (Wildman–Crippen LogP) is 4.17. The van der Waals surface area contributed by atoms with E-state index in [0.717, 1.165) is 43.1 Å². The molecule has 0 bridgehead atoms. The minimum Gasteiger partial charge on any atom is -0.466 e. The number of rotatable bonds is 5. The molecular weight excluding hydrogens is 358 g/mol. The van der Waals surface area contributed by atoms with E-state index in [1.807, 2.05) is 6.92 Å². The lowest BCUT2D eigenvalue weighted by molar-refractivity contribution is -0.149. The molecule has 1 aliphatic heterocycles. The molecule has 4 rings (SSSR count). The first-order valence-electron chi connectivity index (χ1n) is 9.57. The summed E-state index contributed by atoms with van der Waals surface area (Å²) in [5, 5.41) is 1.01. The van der Waals surface area contributed by atoms with Crippen LogP contribution < -0.4 is 0 Å². The molecule has 3 heterocycles. The van der Waals surface area contributed by atoms with E-state index in [9.17, 15) is 4.79 Å². The SMILES string of the molecule is CCOC(=O)C1CCN(Cc2cccn2-c2nc3ccc(C)cc3s2)CC1. The Hall–Kier alpha value is -2.18. The average Bonchev–Trinajstić information content (AvgIpc) is 3.28. The first-order chi connectivity index (χ1) is 13.1. The van der Waals surface area contributed by atoms with E-state index in [-0.39, 0.29) is 11.9 Å². The van der Waals surface area contributed by atoms with Crippen molar-refractivity contribution in [3.63, 3.8) is 0 Å². The van der Waals surface area contributed by atoms with Crippen molar-refractivity contribution in [2.75, 3.05) is 19.7 Å². The van der Waals surface area contributed by atoms with E-state index in [1.54, 1.807) is 11.3 Å². The standard InChI is InChI=1S/C21H25N3O2S/c1-3-26-20(25)16-8-11-23(12-9-16)14-17-5-4-10-24(17)21-22-18-7-6-15(2)13-19(18)27-21/h4-7,10,13,16H,3,8-9,11-12,14H2,1-2H3. The number of piperidine rings is 1. The second-order valence-corrected chi connectivity index (χ2v) is 8.15. The van der Waals surface area contributed by atoms with Crippen LogP contribution in [0.1, 0.15) is 31.0 Å². The molecule has 0 spiro atoms. The highest BCUT2D eigenvalue weighted by atomic mass is 32.1. The van der Waals surface area contributed by atoms with E-state index < -0.39 is 0 Å². The van der Waals surface area contributed by atoms with E-state index in [4.69, 9.17) is 9.72 Å². The van der Waals surface area contributed by atoms with Gasteiger partial charge in [0.2, 0.25) is 0 Å². The smallest absolute Gasteiger partial charge is 0.309 e. The first kappa shape index (κ1) is 18.2. The molecule has 1 aromatic carbocycles. The molecule has 3 aromatic rings. The number of benzene rings is 1. The molecule has 0 atom stereocenters. The monoisotopic (exact) mass is 383 g/mol. The zero-order chi connectivity index (χ0) is 18.8. The maximum Gasteiger partial charge on any atom is 0.309 e. The highest BCUT2D eigenvalue weighted by Crippen LogP contribution is 2.28. The lowest BCUT2D eigenvalue weighted by Crippen LogP contribution is -2.36. The summed E-state index contributed by atoms with van der Waals surface area (Å²) in [5.74, 6) is 0.0192. The minimum atomic E-state index is -0.0368. The molecule has 1 aliphatic rings. The van der Waals surface area contributed by atoms with Crippen molar-refractivity contribution in [3.8, 4) is 5.13 Å². The molecule has 0 radical (unpaired) electrons. The van der Waals surface area contributed by atoms with Crippen LogP contribution in [-0.4, -0.2) is 40.1 Å². The quantitative estimate of drug-likeness (QED) is 0.621. The van der Waals surface area contributed by atoms with Crippen LogP contribution in [0.3, 0.4) is 0 Å². The van der Waals surface area contributed by atoms with Crippen LogP contribution in [0, 0.1) is 12.8 Å². The molecule has 0 saturated carbocycles. The van der Waals surface area contributed by atoms with Crippen molar-refractivity contribution in [3.05, 3.63) is 47.8 Å². The maximum atomic E-state index is 11.9. The summed E-state index contributed by atoms with van der Waals surface area (Å²) in [6, 6.07) is 10.6. The number of likely N-dealkylation sites (tertiary alicyclic amines) is 1. The zero-order valence-corrected chi connectivity index (χ0v) is 16.7. The number of hydrogen-bond donors (Lipinski definition) is 0. The number of hydrogen-bond acceptors (Lipinski definition) is 5.